The second-order valence-electron chi connectivity index (χ2n) is 6.47. The van der Waals surface area contributed by atoms with Gasteiger partial charge in [-0.2, -0.15) is 5.10 Å². The maximum atomic E-state index is 12.5. The van der Waals surface area contributed by atoms with Crippen LogP contribution in [0.3, 0.4) is 0 Å². The Morgan fingerprint density at radius 3 is 3.16 bits per heavy atom. The Bertz CT molecular complexity index is 805. The summed E-state index contributed by atoms with van der Waals surface area (Å²) >= 11 is 6.04. The summed E-state index contributed by atoms with van der Waals surface area (Å²) in [5, 5.41) is 8.02. The third-order valence-corrected chi connectivity index (χ3v) is 4.88. The van der Waals surface area contributed by atoms with Crippen molar-refractivity contribution in [3.63, 3.8) is 0 Å². The van der Waals surface area contributed by atoms with Gasteiger partial charge in [0.15, 0.2) is 5.69 Å². The smallest absolute Gasteiger partial charge is 0.272 e. The summed E-state index contributed by atoms with van der Waals surface area (Å²) in [5.74, 6) is 1.28. The number of aromatic nitrogens is 2. The summed E-state index contributed by atoms with van der Waals surface area (Å²) in [6.45, 7) is 3.30. The highest BCUT2D eigenvalue weighted by molar-refractivity contribution is 6.30. The second-order valence-corrected chi connectivity index (χ2v) is 6.90. The Hall–Kier alpha value is -2.21. The minimum atomic E-state index is -0.211. The van der Waals surface area contributed by atoms with E-state index in [2.05, 4.69) is 17.3 Å². The molecule has 25 heavy (non-hydrogen) atoms. The first-order chi connectivity index (χ1) is 12.1. The maximum absolute atomic E-state index is 12.5. The topological polar surface area (TPSA) is 65.4 Å². The van der Waals surface area contributed by atoms with Gasteiger partial charge in [0.2, 0.25) is 5.88 Å². The van der Waals surface area contributed by atoms with Gasteiger partial charge in [-0.25, -0.2) is 4.68 Å². The molecule has 2 aliphatic rings. The van der Waals surface area contributed by atoms with Crippen LogP contribution in [0, 0.1) is 0 Å². The zero-order chi connectivity index (χ0) is 17.4. The number of fused-ring (bicyclic) bond motifs is 2. The molecule has 1 N–H and O–H groups in total. The molecule has 132 valence electrons. The lowest BCUT2D eigenvalue weighted by atomic mass is 10.0. The summed E-state index contributed by atoms with van der Waals surface area (Å²) < 4.78 is 13.3. The third kappa shape index (κ3) is 3.31. The van der Waals surface area contributed by atoms with Crippen molar-refractivity contribution in [1.29, 1.82) is 0 Å². The fourth-order valence-corrected chi connectivity index (χ4v) is 3.46. The first-order valence-corrected chi connectivity index (χ1v) is 8.96. The summed E-state index contributed by atoms with van der Waals surface area (Å²) in [4.78, 5) is 12.5. The molecule has 1 aromatic heterocycles. The van der Waals surface area contributed by atoms with Crippen molar-refractivity contribution in [2.45, 2.75) is 44.9 Å². The van der Waals surface area contributed by atoms with Gasteiger partial charge in [-0.15, -0.1) is 0 Å². The largest absolute Gasteiger partial charge is 0.491 e. The number of aryl methyl sites for hydroxylation is 1. The normalized spacial score (nSPS) is 21.5. The second kappa shape index (κ2) is 6.59. The molecule has 0 saturated carbocycles. The lowest BCUT2D eigenvalue weighted by molar-refractivity contribution is 0.0909. The molecular weight excluding hydrogens is 342 g/mol. The minimum Gasteiger partial charge on any atom is -0.491 e. The molecule has 6 nitrogen and oxygen atoms in total. The fourth-order valence-electron chi connectivity index (χ4n) is 3.26. The number of benzene rings is 1. The monoisotopic (exact) mass is 361 g/mol. The molecule has 0 aliphatic carbocycles. The van der Waals surface area contributed by atoms with Crippen LogP contribution < -0.4 is 14.8 Å². The third-order valence-electron chi connectivity index (χ3n) is 4.65. The first-order valence-electron chi connectivity index (χ1n) is 8.59. The van der Waals surface area contributed by atoms with Gasteiger partial charge in [0.05, 0.1) is 6.04 Å². The average molecular weight is 362 g/mol. The Balaban J connectivity index is 1.44. The lowest BCUT2D eigenvalue weighted by Crippen LogP contribution is -2.42. The van der Waals surface area contributed by atoms with Crippen LogP contribution in [-0.2, 0) is 13.0 Å². The van der Waals surface area contributed by atoms with Crippen molar-refractivity contribution in [2.24, 2.45) is 0 Å². The number of rotatable bonds is 3. The van der Waals surface area contributed by atoms with Crippen molar-refractivity contribution in [2.75, 3.05) is 6.61 Å². The van der Waals surface area contributed by atoms with E-state index in [9.17, 15) is 4.79 Å². The van der Waals surface area contributed by atoms with Crippen LogP contribution in [0.4, 0.5) is 0 Å². The van der Waals surface area contributed by atoms with Gasteiger partial charge in [-0.3, -0.25) is 4.79 Å². The number of ether oxygens (including phenoxy) is 2. The van der Waals surface area contributed by atoms with Crippen molar-refractivity contribution in [3.05, 3.63) is 40.5 Å². The fraction of sp³-hybridized carbons (Fsp3) is 0.444. The minimum absolute atomic E-state index is 0.110. The predicted octanol–water partition coefficient (Wildman–Crippen LogP) is 2.83. The van der Waals surface area contributed by atoms with Crippen molar-refractivity contribution >= 4 is 17.5 Å². The first kappa shape index (κ1) is 16.3. The Morgan fingerprint density at radius 2 is 2.32 bits per heavy atom. The van der Waals surface area contributed by atoms with Gasteiger partial charge in [0.25, 0.3) is 5.91 Å². The highest BCUT2D eigenvalue weighted by Gasteiger charge is 2.26. The number of nitrogens with one attached hydrogen (secondary N) is 1. The molecule has 2 atom stereocenters. The van der Waals surface area contributed by atoms with Crippen LogP contribution in [0.5, 0.6) is 11.6 Å². The van der Waals surface area contributed by atoms with Gasteiger partial charge >= 0.3 is 0 Å². The molecule has 3 heterocycles. The van der Waals surface area contributed by atoms with E-state index in [4.69, 9.17) is 21.1 Å². The van der Waals surface area contributed by atoms with Crippen LogP contribution in [-0.4, -0.2) is 34.4 Å². The molecule has 2 aromatic rings. The van der Waals surface area contributed by atoms with Crippen molar-refractivity contribution < 1.29 is 14.3 Å². The Kier molecular flexibility index (Phi) is 4.29. The molecule has 2 aliphatic heterocycles. The molecule has 0 spiro atoms. The number of halogens is 1. The van der Waals surface area contributed by atoms with Gasteiger partial charge in [0.1, 0.15) is 18.5 Å². The molecule has 0 bridgehead atoms. The summed E-state index contributed by atoms with van der Waals surface area (Å²) in [6, 6.07) is 7.15. The zero-order valence-corrected chi connectivity index (χ0v) is 14.8. The lowest BCUT2D eigenvalue weighted by Gasteiger charge is -2.25. The van der Waals surface area contributed by atoms with Crippen LogP contribution in [0.2, 0.25) is 5.02 Å². The van der Waals surface area contributed by atoms with Crippen LogP contribution in [0.25, 0.3) is 0 Å². The highest BCUT2D eigenvalue weighted by Crippen LogP contribution is 2.28. The van der Waals surface area contributed by atoms with Gasteiger partial charge in [0, 0.05) is 24.1 Å². The van der Waals surface area contributed by atoms with E-state index in [1.807, 2.05) is 12.1 Å². The zero-order valence-electron chi connectivity index (χ0n) is 14.0. The van der Waals surface area contributed by atoms with E-state index in [-0.39, 0.29) is 18.1 Å². The molecular formula is C18H20ClN3O3. The molecule has 0 radical (unpaired) electrons. The van der Waals surface area contributed by atoms with Crippen molar-refractivity contribution in [1.82, 2.24) is 15.1 Å². The van der Waals surface area contributed by atoms with E-state index in [0.717, 1.165) is 30.7 Å². The van der Waals surface area contributed by atoms with E-state index in [0.29, 0.717) is 29.6 Å². The molecule has 7 heteroatoms. The van der Waals surface area contributed by atoms with Crippen LogP contribution in [0.1, 0.15) is 35.8 Å². The van der Waals surface area contributed by atoms with Crippen LogP contribution >= 0.6 is 11.6 Å². The van der Waals surface area contributed by atoms with Gasteiger partial charge in [-0.1, -0.05) is 18.5 Å². The van der Waals surface area contributed by atoms with E-state index in [1.54, 1.807) is 16.8 Å². The Labute approximate surface area is 151 Å². The molecule has 0 saturated heterocycles. The van der Waals surface area contributed by atoms with Gasteiger partial charge in [-0.05, 0) is 36.6 Å². The van der Waals surface area contributed by atoms with E-state index < -0.39 is 0 Å². The number of hydrogen-bond acceptors (Lipinski definition) is 4. The maximum Gasteiger partial charge on any atom is 0.272 e. The summed E-state index contributed by atoms with van der Waals surface area (Å²) in [6.07, 6.45) is 2.76. The number of carbonyl (C=O) groups excluding carboxylic acids is 1. The van der Waals surface area contributed by atoms with Crippen molar-refractivity contribution in [3.8, 4) is 11.6 Å². The standard InChI is InChI=1S/C18H20ClN3O3/c1-2-14-5-6-22-17(25-14)9-15(21-22)18(23)20-13-8-11-7-12(19)3-4-16(11)24-10-13/h3-4,7,9,13-14H,2,5-6,8,10H2,1H3,(H,20,23)/t13-,14?/m1/s1. The molecule has 1 aromatic carbocycles. The van der Waals surface area contributed by atoms with E-state index >= 15 is 0 Å². The molecule has 1 unspecified atom stereocenters. The quantitative estimate of drug-likeness (QED) is 0.913. The highest BCUT2D eigenvalue weighted by atomic mass is 35.5. The average Bonchev–Trinajstić information content (AvgIpc) is 3.04. The number of amides is 1. The number of carbonyl (C=O) groups is 1. The summed E-state index contributed by atoms with van der Waals surface area (Å²) in [7, 11) is 0. The number of hydrogen-bond donors (Lipinski definition) is 1. The van der Waals surface area contributed by atoms with Gasteiger partial charge < -0.3 is 14.8 Å². The predicted molar refractivity (Wildman–Crippen MR) is 93.5 cm³/mol. The molecule has 4 rings (SSSR count). The Morgan fingerprint density at radius 1 is 1.44 bits per heavy atom. The number of nitrogens with zero attached hydrogens (tertiary/aromatic N) is 2. The van der Waals surface area contributed by atoms with E-state index in [1.165, 1.54) is 0 Å². The summed E-state index contributed by atoms with van der Waals surface area (Å²) in [5.41, 5.74) is 1.38. The molecule has 1 amide bonds. The molecule has 0 fully saturated rings. The SMILES string of the molecule is CCC1CCn2nc(C(=O)N[C@H]3COc4ccc(Cl)cc4C3)cc2O1. The van der Waals surface area contributed by atoms with Crippen LogP contribution in [0.15, 0.2) is 24.3 Å².